The minimum atomic E-state index is -0.631. The summed E-state index contributed by atoms with van der Waals surface area (Å²) in [5.41, 5.74) is 1.29. The Kier molecular flexibility index (Phi) is 4.46. The van der Waals surface area contributed by atoms with Gasteiger partial charge in [0.1, 0.15) is 5.82 Å². The Morgan fingerprint density at radius 1 is 1.21 bits per heavy atom. The largest absolute Gasteiger partial charge is 0.389 e. The van der Waals surface area contributed by atoms with E-state index in [-0.39, 0.29) is 5.82 Å². The maximum Gasteiger partial charge on any atom is 0.146 e. The third-order valence-electron chi connectivity index (χ3n) is 4.27. The normalized spacial score (nSPS) is 18.9. The maximum absolute atomic E-state index is 14.1. The molecular formula is C16H24FNO. The van der Waals surface area contributed by atoms with Crippen LogP contribution in [0.5, 0.6) is 0 Å². The van der Waals surface area contributed by atoms with Crippen molar-refractivity contribution in [3.05, 3.63) is 29.6 Å². The first-order chi connectivity index (χ1) is 9.00. The topological polar surface area (TPSA) is 23.5 Å². The van der Waals surface area contributed by atoms with Crippen molar-refractivity contribution in [2.75, 3.05) is 18.0 Å². The van der Waals surface area contributed by atoms with E-state index in [1.54, 1.807) is 13.0 Å². The number of aliphatic hydroxyl groups is 1. The van der Waals surface area contributed by atoms with E-state index in [0.717, 1.165) is 31.8 Å². The second-order valence-corrected chi connectivity index (χ2v) is 5.92. The number of nitrogens with zero attached hydrogens (tertiary/aromatic N) is 1. The van der Waals surface area contributed by atoms with Gasteiger partial charge in [-0.05, 0) is 37.7 Å². The lowest BCUT2D eigenvalue weighted by Gasteiger charge is -2.36. The molecule has 1 saturated heterocycles. The summed E-state index contributed by atoms with van der Waals surface area (Å²) in [5.74, 6) is 1.21. The van der Waals surface area contributed by atoms with Crippen molar-refractivity contribution in [2.24, 2.45) is 11.8 Å². The van der Waals surface area contributed by atoms with Crippen LogP contribution in [0, 0.1) is 17.7 Å². The lowest BCUT2D eigenvalue weighted by Crippen LogP contribution is -2.36. The van der Waals surface area contributed by atoms with Crippen molar-refractivity contribution in [1.29, 1.82) is 0 Å². The van der Waals surface area contributed by atoms with Crippen molar-refractivity contribution in [3.8, 4) is 0 Å². The summed E-state index contributed by atoms with van der Waals surface area (Å²) >= 11 is 0. The second-order valence-electron chi connectivity index (χ2n) is 5.92. The van der Waals surface area contributed by atoms with Crippen LogP contribution in [0.3, 0.4) is 0 Å². The van der Waals surface area contributed by atoms with Crippen LogP contribution < -0.4 is 4.90 Å². The second kappa shape index (κ2) is 5.91. The number of benzene rings is 1. The van der Waals surface area contributed by atoms with Crippen LogP contribution in [0.25, 0.3) is 0 Å². The van der Waals surface area contributed by atoms with Crippen LogP contribution in [0.2, 0.25) is 0 Å². The van der Waals surface area contributed by atoms with Gasteiger partial charge < -0.3 is 10.0 Å². The minimum Gasteiger partial charge on any atom is -0.389 e. The zero-order valence-corrected chi connectivity index (χ0v) is 12.1. The molecule has 0 aromatic heterocycles. The molecule has 1 aromatic carbocycles. The molecule has 1 atom stereocenters. The van der Waals surface area contributed by atoms with Gasteiger partial charge in [-0.25, -0.2) is 4.39 Å². The molecule has 0 saturated carbocycles. The maximum atomic E-state index is 14.1. The molecule has 106 valence electrons. The van der Waals surface area contributed by atoms with Crippen molar-refractivity contribution < 1.29 is 9.50 Å². The van der Waals surface area contributed by atoms with Crippen molar-refractivity contribution in [2.45, 2.75) is 39.7 Å². The molecule has 0 spiro atoms. The zero-order chi connectivity index (χ0) is 14.0. The van der Waals surface area contributed by atoms with Crippen LogP contribution in [-0.4, -0.2) is 18.2 Å². The van der Waals surface area contributed by atoms with Crippen LogP contribution in [0.15, 0.2) is 18.2 Å². The lowest BCUT2D eigenvalue weighted by atomic mass is 9.86. The summed E-state index contributed by atoms with van der Waals surface area (Å²) < 4.78 is 14.1. The molecular weight excluding hydrogens is 241 g/mol. The Morgan fingerprint density at radius 3 is 2.37 bits per heavy atom. The van der Waals surface area contributed by atoms with E-state index in [4.69, 9.17) is 0 Å². The van der Waals surface area contributed by atoms with Crippen LogP contribution >= 0.6 is 0 Å². The highest BCUT2D eigenvalue weighted by Gasteiger charge is 2.25. The number of hydrogen-bond donors (Lipinski definition) is 1. The summed E-state index contributed by atoms with van der Waals surface area (Å²) in [6.07, 6.45) is 1.57. The van der Waals surface area contributed by atoms with Crippen molar-refractivity contribution in [1.82, 2.24) is 0 Å². The highest BCUT2D eigenvalue weighted by atomic mass is 19.1. The molecule has 0 unspecified atom stereocenters. The molecule has 1 aliphatic heterocycles. The van der Waals surface area contributed by atoms with E-state index >= 15 is 0 Å². The fourth-order valence-electron chi connectivity index (χ4n) is 2.99. The molecule has 1 fully saturated rings. The summed E-state index contributed by atoms with van der Waals surface area (Å²) in [6, 6.07) is 4.97. The molecule has 0 radical (unpaired) electrons. The Balaban J connectivity index is 2.19. The zero-order valence-electron chi connectivity index (χ0n) is 12.1. The Hall–Kier alpha value is -1.09. The number of anilines is 1. The predicted octanol–water partition coefficient (Wildman–Crippen LogP) is 3.75. The molecule has 2 rings (SSSR count). The van der Waals surface area contributed by atoms with E-state index in [9.17, 15) is 9.50 Å². The van der Waals surface area contributed by atoms with Gasteiger partial charge in [0.25, 0.3) is 0 Å². The van der Waals surface area contributed by atoms with E-state index in [1.165, 1.54) is 6.07 Å². The monoisotopic (exact) mass is 265 g/mol. The van der Waals surface area contributed by atoms with E-state index < -0.39 is 6.10 Å². The Bertz CT molecular complexity index is 423. The number of hydrogen-bond acceptors (Lipinski definition) is 2. The SMILES string of the molecule is CC(C)C1CCN(c2c(F)cccc2[C@H](C)O)CC1. The third-order valence-corrected chi connectivity index (χ3v) is 4.27. The smallest absolute Gasteiger partial charge is 0.146 e. The fourth-order valence-corrected chi connectivity index (χ4v) is 2.99. The van der Waals surface area contributed by atoms with Crippen LogP contribution in [0.4, 0.5) is 10.1 Å². The van der Waals surface area contributed by atoms with Gasteiger partial charge in [-0.15, -0.1) is 0 Å². The number of aliphatic hydroxyl groups excluding tert-OH is 1. The molecule has 1 aliphatic rings. The Morgan fingerprint density at radius 2 is 1.84 bits per heavy atom. The molecule has 0 amide bonds. The average Bonchev–Trinajstić information content (AvgIpc) is 2.38. The molecule has 19 heavy (non-hydrogen) atoms. The molecule has 3 heteroatoms. The van der Waals surface area contributed by atoms with Crippen molar-refractivity contribution >= 4 is 5.69 Å². The van der Waals surface area contributed by atoms with Gasteiger partial charge >= 0.3 is 0 Å². The molecule has 1 N–H and O–H groups in total. The van der Waals surface area contributed by atoms with E-state index in [0.29, 0.717) is 17.2 Å². The molecule has 1 aromatic rings. The Labute approximate surface area is 115 Å². The predicted molar refractivity (Wildman–Crippen MR) is 76.8 cm³/mol. The molecule has 1 heterocycles. The van der Waals surface area contributed by atoms with Gasteiger partial charge in [0.2, 0.25) is 0 Å². The lowest BCUT2D eigenvalue weighted by molar-refractivity contribution is 0.198. The van der Waals surface area contributed by atoms with Gasteiger partial charge in [-0.1, -0.05) is 26.0 Å². The van der Waals surface area contributed by atoms with Crippen molar-refractivity contribution in [3.63, 3.8) is 0 Å². The quantitative estimate of drug-likeness (QED) is 0.899. The van der Waals surface area contributed by atoms with Gasteiger partial charge in [0, 0.05) is 18.7 Å². The number of halogens is 1. The third kappa shape index (κ3) is 3.08. The number of piperidine rings is 1. The first-order valence-electron chi connectivity index (χ1n) is 7.22. The minimum absolute atomic E-state index is 0.221. The molecule has 0 bridgehead atoms. The van der Waals surface area contributed by atoms with Gasteiger partial charge in [-0.2, -0.15) is 0 Å². The summed E-state index contributed by atoms with van der Waals surface area (Å²) in [5, 5.41) is 9.81. The molecule has 0 aliphatic carbocycles. The summed E-state index contributed by atoms with van der Waals surface area (Å²) in [7, 11) is 0. The van der Waals surface area contributed by atoms with Crippen LogP contribution in [-0.2, 0) is 0 Å². The van der Waals surface area contributed by atoms with Gasteiger partial charge in [-0.3, -0.25) is 0 Å². The van der Waals surface area contributed by atoms with Gasteiger partial charge in [0.15, 0.2) is 0 Å². The number of rotatable bonds is 3. The highest BCUT2D eigenvalue weighted by molar-refractivity contribution is 5.56. The van der Waals surface area contributed by atoms with Gasteiger partial charge in [0.05, 0.1) is 11.8 Å². The first-order valence-corrected chi connectivity index (χ1v) is 7.22. The summed E-state index contributed by atoms with van der Waals surface area (Å²) in [4.78, 5) is 2.09. The first kappa shape index (κ1) is 14.3. The van der Waals surface area contributed by atoms with Crippen LogP contribution in [0.1, 0.15) is 45.3 Å². The summed E-state index contributed by atoms with van der Waals surface area (Å²) in [6.45, 7) is 7.96. The average molecular weight is 265 g/mol. The molecule has 2 nitrogen and oxygen atoms in total. The number of para-hydroxylation sites is 1. The van der Waals surface area contributed by atoms with E-state index in [2.05, 4.69) is 18.7 Å². The highest BCUT2D eigenvalue weighted by Crippen LogP contribution is 2.33. The fraction of sp³-hybridized carbons (Fsp3) is 0.625. The van der Waals surface area contributed by atoms with E-state index in [1.807, 2.05) is 6.07 Å². The standard InChI is InChI=1S/C16H24FNO/c1-11(2)13-7-9-18(10-8-13)16-14(12(3)19)5-4-6-15(16)17/h4-6,11-13,19H,7-10H2,1-3H3/t12-/m0/s1.